The summed E-state index contributed by atoms with van der Waals surface area (Å²) in [6.07, 6.45) is 3.40. The summed E-state index contributed by atoms with van der Waals surface area (Å²) in [5.74, 6) is 1.02. The fourth-order valence-electron chi connectivity index (χ4n) is 4.84. The second-order valence-corrected chi connectivity index (χ2v) is 11.1. The highest BCUT2D eigenvalue weighted by atomic mass is 16.5. The van der Waals surface area contributed by atoms with Crippen LogP contribution in [-0.2, 0) is 20.7 Å². The van der Waals surface area contributed by atoms with Crippen molar-refractivity contribution in [1.29, 1.82) is 0 Å². The Hall–Kier alpha value is -2.90. The number of aliphatic hydroxyl groups is 1. The molecule has 214 valence electrons. The Kier molecular flexibility index (Phi) is 12.8. The van der Waals surface area contributed by atoms with Gasteiger partial charge in [0, 0.05) is 25.2 Å². The molecule has 1 aliphatic rings. The quantitative estimate of drug-likeness (QED) is 0.308. The van der Waals surface area contributed by atoms with Crippen LogP contribution < -0.4 is 15.4 Å². The number of benzene rings is 2. The second-order valence-electron chi connectivity index (χ2n) is 11.1. The number of carbonyl (C=O) groups is 2. The first-order valence-corrected chi connectivity index (χ1v) is 14.4. The molecule has 39 heavy (non-hydrogen) atoms. The third-order valence-corrected chi connectivity index (χ3v) is 7.29. The average molecular weight is 539 g/mol. The van der Waals surface area contributed by atoms with Gasteiger partial charge in [-0.1, -0.05) is 61.9 Å². The van der Waals surface area contributed by atoms with Crippen LogP contribution in [-0.4, -0.2) is 54.9 Å². The lowest BCUT2D eigenvalue weighted by molar-refractivity contribution is -0.129. The molecule has 2 unspecified atom stereocenters. The molecule has 2 amide bonds. The van der Waals surface area contributed by atoms with E-state index in [-0.39, 0.29) is 36.8 Å². The van der Waals surface area contributed by atoms with Crippen molar-refractivity contribution in [3.63, 3.8) is 0 Å². The van der Waals surface area contributed by atoms with Crippen molar-refractivity contribution in [2.24, 2.45) is 11.8 Å². The normalized spacial score (nSPS) is 16.3. The van der Waals surface area contributed by atoms with Crippen molar-refractivity contribution in [2.75, 3.05) is 19.8 Å². The molecule has 2 aromatic carbocycles. The zero-order chi connectivity index (χ0) is 28.0. The van der Waals surface area contributed by atoms with Gasteiger partial charge in [0.05, 0.1) is 25.2 Å². The molecule has 0 radical (unpaired) electrons. The van der Waals surface area contributed by atoms with E-state index < -0.39 is 12.1 Å². The number of aryl methyl sites for hydroxylation is 1. The summed E-state index contributed by atoms with van der Waals surface area (Å²) in [6, 6.07) is 16.9. The summed E-state index contributed by atoms with van der Waals surface area (Å²) < 4.78 is 11.1. The first kappa shape index (κ1) is 30.6. The monoisotopic (exact) mass is 538 g/mol. The Balaban J connectivity index is 1.62. The molecular weight excluding hydrogens is 492 g/mol. The molecule has 1 aliphatic heterocycles. The molecule has 0 aliphatic carbocycles. The zero-order valence-electron chi connectivity index (χ0n) is 23.7. The number of hydrogen-bond acceptors (Lipinski definition) is 5. The maximum atomic E-state index is 13.0. The van der Waals surface area contributed by atoms with E-state index in [0.717, 1.165) is 42.6 Å². The Labute approximate surface area is 233 Å². The molecule has 3 atom stereocenters. The molecule has 3 rings (SSSR count). The minimum absolute atomic E-state index is 0.0381. The maximum Gasteiger partial charge on any atom is 0.223 e. The van der Waals surface area contributed by atoms with Crippen LogP contribution in [0.5, 0.6) is 5.75 Å². The summed E-state index contributed by atoms with van der Waals surface area (Å²) in [5, 5.41) is 17.7. The molecule has 0 bridgehead atoms. The van der Waals surface area contributed by atoms with E-state index in [4.69, 9.17) is 9.47 Å². The number of rotatable bonds is 15. The van der Waals surface area contributed by atoms with Gasteiger partial charge < -0.3 is 25.2 Å². The molecule has 0 saturated carbocycles. The van der Waals surface area contributed by atoms with Crippen LogP contribution in [0.15, 0.2) is 54.6 Å². The highest BCUT2D eigenvalue weighted by Crippen LogP contribution is 2.19. The van der Waals surface area contributed by atoms with Gasteiger partial charge in [0.2, 0.25) is 11.8 Å². The topological polar surface area (TPSA) is 96.9 Å². The third-order valence-electron chi connectivity index (χ3n) is 7.29. The van der Waals surface area contributed by atoms with E-state index >= 15 is 0 Å². The lowest BCUT2D eigenvalue weighted by Gasteiger charge is -2.30. The van der Waals surface area contributed by atoms with Crippen LogP contribution in [0, 0.1) is 18.8 Å². The summed E-state index contributed by atoms with van der Waals surface area (Å²) >= 11 is 0. The number of carbonyl (C=O) groups excluding carboxylic acids is 2. The van der Waals surface area contributed by atoms with Crippen molar-refractivity contribution >= 4 is 11.8 Å². The van der Waals surface area contributed by atoms with Crippen LogP contribution in [0.1, 0.15) is 63.5 Å². The lowest BCUT2D eigenvalue weighted by Crippen LogP contribution is -2.49. The lowest BCUT2D eigenvalue weighted by atomic mass is 9.92. The van der Waals surface area contributed by atoms with Crippen LogP contribution in [0.2, 0.25) is 0 Å². The minimum atomic E-state index is -0.820. The fraction of sp³-hybridized carbons (Fsp3) is 0.562. The van der Waals surface area contributed by atoms with Crippen LogP contribution in [0.3, 0.4) is 0 Å². The summed E-state index contributed by atoms with van der Waals surface area (Å²) in [4.78, 5) is 25.9. The highest BCUT2D eigenvalue weighted by Gasteiger charge is 2.28. The van der Waals surface area contributed by atoms with Gasteiger partial charge in [0.1, 0.15) is 5.75 Å². The van der Waals surface area contributed by atoms with Gasteiger partial charge in [-0.05, 0) is 69.1 Å². The van der Waals surface area contributed by atoms with Crippen molar-refractivity contribution in [3.8, 4) is 5.75 Å². The Bertz CT molecular complexity index is 989. The van der Waals surface area contributed by atoms with E-state index in [1.54, 1.807) is 0 Å². The summed E-state index contributed by atoms with van der Waals surface area (Å²) in [6.45, 7) is 7.79. The Morgan fingerprint density at radius 3 is 2.36 bits per heavy atom. The first-order valence-electron chi connectivity index (χ1n) is 14.4. The van der Waals surface area contributed by atoms with Crippen LogP contribution in [0.25, 0.3) is 0 Å². The van der Waals surface area contributed by atoms with E-state index in [1.165, 1.54) is 0 Å². The Morgan fingerprint density at radius 1 is 1.00 bits per heavy atom. The first-order chi connectivity index (χ1) is 18.8. The molecule has 3 N–H and O–H groups in total. The Morgan fingerprint density at radius 2 is 1.69 bits per heavy atom. The standard InChI is InChI=1S/C32H46N2O5/c1-23(2)9-12-27(33-32(37)26-15-18-38-19-16-26)22-30(35)29(21-25-7-5-4-6-8-25)34-31(36)17-20-39-28-13-10-24(3)11-14-28/h4-8,10-11,13-14,23,26-27,29-30,35H,9,12,15-22H2,1-3H3,(H,33,37)(H,34,36)/t27?,29?,30-/m0/s1. The van der Waals surface area contributed by atoms with E-state index in [0.29, 0.717) is 32.0 Å². The van der Waals surface area contributed by atoms with Gasteiger partial charge in [0.15, 0.2) is 0 Å². The molecule has 7 heteroatoms. The average Bonchev–Trinajstić information content (AvgIpc) is 2.93. The largest absolute Gasteiger partial charge is 0.493 e. The van der Waals surface area contributed by atoms with Gasteiger partial charge in [-0.2, -0.15) is 0 Å². The number of aliphatic hydroxyl groups excluding tert-OH is 1. The molecule has 1 fully saturated rings. The van der Waals surface area contributed by atoms with Crippen molar-refractivity contribution in [2.45, 2.75) is 83.9 Å². The second kappa shape index (κ2) is 16.3. The van der Waals surface area contributed by atoms with Gasteiger partial charge in [0.25, 0.3) is 0 Å². The smallest absolute Gasteiger partial charge is 0.223 e. The molecular formula is C32H46N2O5. The van der Waals surface area contributed by atoms with Crippen molar-refractivity contribution < 1.29 is 24.2 Å². The summed E-state index contributed by atoms with van der Waals surface area (Å²) in [7, 11) is 0. The predicted octanol–water partition coefficient (Wildman–Crippen LogP) is 4.59. The van der Waals surface area contributed by atoms with E-state index in [2.05, 4.69) is 24.5 Å². The minimum Gasteiger partial charge on any atom is -0.493 e. The van der Waals surface area contributed by atoms with Crippen molar-refractivity contribution in [3.05, 3.63) is 65.7 Å². The fourth-order valence-corrected chi connectivity index (χ4v) is 4.84. The molecule has 7 nitrogen and oxygen atoms in total. The molecule has 0 aromatic heterocycles. The van der Waals surface area contributed by atoms with Gasteiger partial charge >= 0.3 is 0 Å². The molecule has 0 spiro atoms. The maximum absolute atomic E-state index is 13.0. The highest BCUT2D eigenvalue weighted by molar-refractivity contribution is 5.79. The van der Waals surface area contributed by atoms with Gasteiger partial charge in [-0.25, -0.2) is 0 Å². The van der Waals surface area contributed by atoms with Gasteiger partial charge in [-0.3, -0.25) is 9.59 Å². The van der Waals surface area contributed by atoms with Crippen LogP contribution in [0.4, 0.5) is 0 Å². The van der Waals surface area contributed by atoms with Gasteiger partial charge in [-0.15, -0.1) is 0 Å². The molecule has 2 aromatic rings. The summed E-state index contributed by atoms with van der Waals surface area (Å²) in [5.41, 5.74) is 2.18. The SMILES string of the molecule is Cc1ccc(OCCC(=O)NC(Cc2ccccc2)[C@@H](O)CC(CCC(C)C)NC(=O)C2CCOCC2)cc1. The predicted molar refractivity (Wildman–Crippen MR) is 154 cm³/mol. The van der Waals surface area contributed by atoms with E-state index in [1.807, 2.05) is 61.5 Å². The number of nitrogens with one attached hydrogen (secondary N) is 2. The van der Waals surface area contributed by atoms with E-state index in [9.17, 15) is 14.7 Å². The number of amides is 2. The number of hydrogen-bond donors (Lipinski definition) is 3. The zero-order valence-corrected chi connectivity index (χ0v) is 23.7. The third kappa shape index (κ3) is 11.4. The number of ether oxygens (including phenoxy) is 2. The van der Waals surface area contributed by atoms with Crippen molar-refractivity contribution in [1.82, 2.24) is 10.6 Å². The molecule has 1 heterocycles. The molecule has 1 saturated heterocycles. The van der Waals surface area contributed by atoms with Crippen LogP contribution >= 0.6 is 0 Å².